The van der Waals surface area contributed by atoms with Crippen LogP contribution in [0.25, 0.3) is 0 Å². The molecule has 3 aliphatic rings. The highest BCUT2D eigenvalue weighted by Gasteiger charge is 2.79. The van der Waals surface area contributed by atoms with E-state index in [2.05, 4.69) is 33.0 Å². The monoisotopic (exact) mass is 294 g/mol. The van der Waals surface area contributed by atoms with Crippen molar-refractivity contribution < 1.29 is 9.53 Å². The van der Waals surface area contributed by atoms with Gasteiger partial charge in [-0.05, 0) is 46.0 Å². The van der Waals surface area contributed by atoms with Crippen LogP contribution in [0.4, 0.5) is 0 Å². The molecule has 3 fully saturated rings. The fourth-order valence-electron chi connectivity index (χ4n) is 5.63. The molecule has 4 atom stereocenters. The van der Waals surface area contributed by atoms with Crippen molar-refractivity contribution in [1.82, 2.24) is 5.32 Å². The average molecular weight is 294 g/mol. The third kappa shape index (κ3) is 1.72. The first-order chi connectivity index (χ1) is 9.80. The molecule has 0 radical (unpaired) electrons. The zero-order valence-corrected chi connectivity index (χ0v) is 13.9. The Morgan fingerprint density at radius 1 is 1.29 bits per heavy atom. The first-order valence-corrected chi connectivity index (χ1v) is 8.58. The van der Waals surface area contributed by atoms with Crippen molar-refractivity contribution in [2.45, 2.75) is 89.0 Å². The smallest absolute Gasteiger partial charge is 0.226 e. The minimum absolute atomic E-state index is 0.0213. The number of fused-ring (bicyclic) bond motifs is 1. The van der Waals surface area contributed by atoms with Gasteiger partial charge in [-0.15, -0.1) is 0 Å². The van der Waals surface area contributed by atoms with Crippen molar-refractivity contribution in [2.24, 2.45) is 17.6 Å². The second kappa shape index (κ2) is 4.69. The maximum absolute atomic E-state index is 12.5. The van der Waals surface area contributed by atoms with Crippen molar-refractivity contribution >= 4 is 5.91 Å². The fraction of sp³-hybridized carbons (Fsp3) is 0.941. The molecule has 2 saturated heterocycles. The zero-order chi connectivity index (χ0) is 15.5. The molecule has 1 aliphatic carbocycles. The van der Waals surface area contributed by atoms with Crippen LogP contribution in [0.2, 0.25) is 0 Å². The van der Waals surface area contributed by atoms with E-state index >= 15 is 0 Å². The van der Waals surface area contributed by atoms with Crippen LogP contribution in [0.3, 0.4) is 0 Å². The molecule has 21 heavy (non-hydrogen) atoms. The van der Waals surface area contributed by atoms with Crippen LogP contribution in [0.5, 0.6) is 0 Å². The van der Waals surface area contributed by atoms with Gasteiger partial charge in [0.2, 0.25) is 5.91 Å². The highest BCUT2D eigenvalue weighted by molar-refractivity contribution is 5.86. The van der Waals surface area contributed by atoms with Gasteiger partial charge in [0.25, 0.3) is 0 Å². The highest BCUT2D eigenvalue weighted by Crippen LogP contribution is 2.60. The summed E-state index contributed by atoms with van der Waals surface area (Å²) in [7, 11) is 0. The maximum atomic E-state index is 12.5. The van der Waals surface area contributed by atoms with Crippen LogP contribution in [0.15, 0.2) is 0 Å². The standard InChI is InChI=1S/C17H30N2O2/c1-5-12-14(20)19-17(15(2,3)21-16(12,17)4)13(18)11-9-7-6-8-10-11/h11-13H,5-10,18H2,1-4H3,(H,19,20)/t12-,13-,16-,17?/m0/s1. The van der Waals surface area contributed by atoms with E-state index in [1.54, 1.807) is 0 Å². The number of ether oxygens (including phenoxy) is 1. The predicted octanol–water partition coefficient (Wildman–Crippen LogP) is 2.36. The van der Waals surface area contributed by atoms with E-state index in [1.165, 1.54) is 32.1 Å². The zero-order valence-electron chi connectivity index (χ0n) is 13.9. The summed E-state index contributed by atoms with van der Waals surface area (Å²) in [6, 6.07) is -0.0213. The maximum Gasteiger partial charge on any atom is 0.226 e. The fourth-order valence-corrected chi connectivity index (χ4v) is 5.63. The summed E-state index contributed by atoms with van der Waals surface area (Å²) in [5, 5.41) is 3.31. The molecule has 3 N–H and O–H groups in total. The molecule has 1 amide bonds. The minimum Gasteiger partial charge on any atom is -0.363 e. The van der Waals surface area contributed by atoms with Gasteiger partial charge < -0.3 is 15.8 Å². The molecule has 2 heterocycles. The van der Waals surface area contributed by atoms with E-state index in [-0.39, 0.29) is 17.9 Å². The minimum atomic E-state index is -0.459. The van der Waals surface area contributed by atoms with Gasteiger partial charge in [0.05, 0.1) is 11.5 Å². The number of amides is 1. The van der Waals surface area contributed by atoms with Crippen molar-refractivity contribution in [1.29, 1.82) is 0 Å². The Balaban J connectivity index is 1.97. The van der Waals surface area contributed by atoms with Gasteiger partial charge in [-0.1, -0.05) is 26.2 Å². The van der Waals surface area contributed by atoms with Crippen molar-refractivity contribution in [3.63, 3.8) is 0 Å². The summed E-state index contributed by atoms with van der Waals surface area (Å²) in [6.07, 6.45) is 7.01. The van der Waals surface area contributed by atoms with Crippen LogP contribution < -0.4 is 11.1 Å². The number of nitrogens with two attached hydrogens (primary N) is 1. The van der Waals surface area contributed by atoms with Gasteiger partial charge in [-0.25, -0.2) is 0 Å². The van der Waals surface area contributed by atoms with Gasteiger partial charge in [0.15, 0.2) is 0 Å². The van der Waals surface area contributed by atoms with E-state index < -0.39 is 16.7 Å². The Hall–Kier alpha value is -0.610. The molecule has 0 aromatic rings. The van der Waals surface area contributed by atoms with Crippen molar-refractivity contribution in [3.8, 4) is 0 Å². The summed E-state index contributed by atoms with van der Waals surface area (Å²) in [6.45, 7) is 8.31. The SMILES string of the molecule is CC[C@H]1C(=O)NC2([C@@H](N)C3CCCCC3)C(C)(C)O[C@@]12C. The normalized spacial score (nSPS) is 43.9. The Bertz CT molecular complexity index is 444. The first kappa shape index (κ1) is 15.3. The quantitative estimate of drug-likeness (QED) is 0.840. The Morgan fingerprint density at radius 3 is 2.43 bits per heavy atom. The van der Waals surface area contributed by atoms with Gasteiger partial charge in [0, 0.05) is 6.04 Å². The van der Waals surface area contributed by atoms with Crippen LogP contribution in [0.1, 0.15) is 66.2 Å². The lowest BCUT2D eigenvalue weighted by atomic mass is 9.55. The summed E-state index contributed by atoms with van der Waals surface area (Å²) in [4.78, 5) is 12.5. The molecule has 1 unspecified atom stereocenters. The summed E-state index contributed by atoms with van der Waals surface area (Å²) >= 11 is 0. The number of carbonyl (C=O) groups is 1. The molecule has 0 spiro atoms. The molecule has 0 aromatic carbocycles. The number of hydrogen-bond acceptors (Lipinski definition) is 3. The molecule has 0 bridgehead atoms. The second-order valence-corrected chi connectivity index (χ2v) is 7.90. The molecule has 120 valence electrons. The van der Waals surface area contributed by atoms with Crippen LogP contribution in [-0.2, 0) is 9.53 Å². The van der Waals surface area contributed by atoms with Crippen molar-refractivity contribution in [2.75, 3.05) is 0 Å². The van der Waals surface area contributed by atoms with Gasteiger partial charge in [0.1, 0.15) is 11.1 Å². The molecule has 3 rings (SSSR count). The summed E-state index contributed by atoms with van der Waals surface area (Å²) in [5.74, 6) is 0.536. The van der Waals surface area contributed by atoms with Crippen molar-refractivity contribution in [3.05, 3.63) is 0 Å². The summed E-state index contributed by atoms with van der Waals surface area (Å²) in [5.41, 5.74) is 5.51. The number of rotatable bonds is 3. The van der Waals surface area contributed by atoms with E-state index in [4.69, 9.17) is 10.5 Å². The lowest BCUT2D eigenvalue weighted by Gasteiger charge is -2.68. The molecule has 4 nitrogen and oxygen atoms in total. The molecular formula is C17H30N2O2. The Morgan fingerprint density at radius 2 is 1.90 bits per heavy atom. The first-order valence-electron chi connectivity index (χ1n) is 8.58. The van der Waals surface area contributed by atoms with Crippen LogP contribution >= 0.6 is 0 Å². The Kier molecular flexibility index (Phi) is 3.42. The number of carbonyl (C=O) groups excluding carboxylic acids is 1. The van der Waals surface area contributed by atoms with Crippen LogP contribution in [-0.4, -0.2) is 28.7 Å². The number of hydrogen-bond donors (Lipinski definition) is 2. The average Bonchev–Trinajstić information content (AvgIpc) is 2.63. The molecule has 1 saturated carbocycles. The molecular weight excluding hydrogens is 264 g/mol. The van der Waals surface area contributed by atoms with Gasteiger partial charge in [-0.2, -0.15) is 0 Å². The van der Waals surface area contributed by atoms with E-state index in [9.17, 15) is 4.79 Å². The van der Waals surface area contributed by atoms with E-state index in [0.717, 1.165) is 6.42 Å². The van der Waals surface area contributed by atoms with Gasteiger partial charge >= 0.3 is 0 Å². The lowest BCUT2D eigenvalue weighted by molar-refractivity contribution is -0.330. The van der Waals surface area contributed by atoms with Crippen LogP contribution in [0, 0.1) is 11.8 Å². The van der Waals surface area contributed by atoms with Gasteiger partial charge in [-0.3, -0.25) is 4.79 Å². The lowest BCUT2D eigenvalue weighted by Crippen LogP contribution is -2.87. The highest BCUT2D eigenvalue weighted by atomic mass is 16.6. The predicted molar refractivity (Wildman–Crippen MR) is 82.8 cm³/mol. The largest absolute Gasteiger partial charge is 0.363 e. The summed E-state index contributed by atoms with van der Waals surface area (Å²) < 4.78 is 6.26. The molecule has 4 heteroatoms. The second-order valence-electron chi connectivity index (χ2n) is 7.90. The number of nitrogens with one attached hydrogen (secondary N) is 1. The molecule has 0 aromatic heterocycles. The third-order valence-corrected chi connectivity index (χ3v) is 6.57. The Labute approximate surface area is 128 Å². The topological polar surface area (TPSA) is 64.4 Å². The third-order valence-electron chi connectivity index (χ3n) is 6.57. The molecule has 2 aliphatic heterocycles. The van der Waals surface area contributed by atoms with E-state index in [0.29, 0.717) is 5.92 Å². The van der Waals surface area contributed by atoms with E-state index in [1.807, 2.05) is 0 Å².